The SMILES string of the molecule is CC.Cc1cccc(C[C@H](N)C=O)c1.[HH]. The topological polar surface area (TPSA) is 43.1 Å². The fourth-order valence-electron chi connectivity index (χ4n) is 1.16. The molecular weight excluding hydrogens is 174 g/mol. The second-order valence-electron chi connectivity index (χ2n) is 2.99. The highest BCUT2D eigenvalue weighted by molar-refractivity contribution is 5.57. The van der Waals surface area contributed by atoms with Crippen LogP contribution in [-0.4, -0.2) is 12.3 Å². The maximum Gasteiger partial charge on any atom is 0.137 e. The van der Waals surface area contributed by atoms with Gasteiger partial charge in [0.05, 0.1) is 6.04 Å². The number of rotatable bonds is 3. The van der Waals surface area contributed by atoms with Crippen LogP contribution in [0, 0.1) is 6.92 Å². The highest BCUT2D eigenvalue weighted by atomic mass is 16.1. The molecule has 0 aliphatic rings. The summed E-state index contributed by atoms with van der Waals surface area (Å²) in [5.41, 5.74) is 7.81. The summed E-state index contributed by atoms with van der Waals surface area (Å²) in [5.74, 6) is 0. The van der Waals surface area contributed by atoms with Crippen LogP contribution in [0.1, 0.15) is 26.4 Å². The van der Waals surface area contributed by atoms with Gasteiger partial charge in [-0.25, -0.2) is 0 Å². The summed E-state index contributed by atoms with van der Waals surface area (Å²) < 4.78 is 0. The Hall–Kier alpha value is -1.15. The molecule has 0 fully saturated rings. The van der Waals surface area contributed by atoms with E-state index in [0.29, 0.717) is 6.42 Å². The molecule has 2 nitrogen and oxygen atoms in total. The molecule has 0 aliphatic carbocycles. The molecule has 1 atom stereocenters. The van der Waals surface area contributed by atoms with Crippen LogP contribution >= 0.6 is 0 Å². The second kappa shape index (κ2) is 7.27. The van der Waals surface area contributed by atoms with Crippen LogP contribution in [0.4, 0.5) is 0 Å². The smallest absolute Gasteiger partial charge is 0.137 e. The molecule has 2 heteroatoms. The Balaban J connectivity index is 0. The number of benzene rings is 1. The third-order valence-electron chi connectivity index (χ3n) is 1.73. The number of hydrogen-bond donors (Lipinski definition) is 1. The molecule has 0 saturated carbocycles. The predicted molar refractivity (Wildman–Crippen MR) is 62.4 cm³/mol. The summed E-state index contributed by atoms with van der Waals surface area (Å²) in [6, 6.07) is 7.66. The second-order valence-corrected chi connectivity index (χ2v) is 2.99. The third kappa shape index (κ3) is 4.77. The number of carbonyl (C=O) groups excluding carboxylic acids is 1. The average molecular weight is 195 g/mol. The largest absolute Gasteiger partial charge is 0.321 e. The minimum atomic E-state index is -0.369. The van der Waals surface area contributed by atoms with Crippen molar-refractivity contribution in [2.75, 3.05) is 0 Å². The predicted octanol–water partition coefficient (Wildman–Crippen LogP) is 2.34. The van der Waals surface area contributed by atoms with E-state index in [1.165, 1.54) is 5.56 Å². The first-order chi connectivity index (χ1) is 6.72. The molecule has 0 bridgehead atoms. The summed E-state index contributed by atoms with van der Waals surface area (Å²) in [7, 11) is 0. The van der Waals surface area contributed by atoms with Crippen LogP contribution in [-0.2, 0) is 11.2 Å². The van der Waals surface area contributed by atoms with Gasteiger partial charge in [-0.2, -0.15) is 0 Å². The van der Waals surface area contributed by atoms with E-state index in [0.717, 1.165) is 11.8 Å². The Morgan fingerprint density at radius 1 is 1.50 bits per heavy atom. The Labute approximate surface area is 87.6 Å². The number of nitrogens with two attached hydrogens (primary N) is 1. The average Bonchev–Trinajstić information content (AvgIpc) is 2.21. The Kier molecular flexibility index (Phi) is 6.68. The van der Waals surface area contributed by atoms with E-state index in [1.807, 2.05) is 45.0 Å². The monoisotopic (exact) mass is 195 g/mol. The lowest BCUT2D eigenvalue weighted by Crippen LogP contribution is -2.23. The summed E-state index contributed by atoms with van der Waals surface area (Å²) in [6.07, 6.45) is 1.41. The van der Waals surface area contributed by atoms with Crippen LogP contribution < -0.4 is 5.73 Å². The number of aldehydes is 1. The van der Waals surface area contributed by atoms with Crippen molar-refractivity contribution in [1.29, 1.82) is 0 Å². The van der Waals surface area contributed by atoms with Gasteiger partial charge in [-0.15, -0.1) is 0 Å². The van der Waals surface area contributed by atoms with Gasteiger partial charge < -0.3 is 10.5 Å². The molecule has 0 heterocycles. The molecule has 0 aromatic heterocycles. The van der Waals surface area contributed by atoms with Gasteiger partial charge in [-0.05, 0) is 18.9 Å². The van der Waals surface area contributed by atoms with Crippen LogP contribution in [0.3, 0.4) is 0 Å². The van der Waals surface area contributed by atoms with E-state index in [9.17, 15) is 4.79 Å². The van der Waals surface area contributed by atoms with E-state index in [2.05, 4.69) is 0 Å². The molecule has 14 heavy (non-hydrogen) atoms. The van der Waals surface area contributed by atoms with Crippen molar-refractivity contribution in [3.63, 3.8) is 0 Å². The van der Waals surface area contributed by atoms with E-state index >= 15 is 0 Å². The van der Waals surface area contributed by atoms with Gasteiger partial charge in [0.1, 0.15) is 6.29 Å². The van der Waals surface area contributed by atoms with Gasteiger partial charge in [0, 0.05) is 1.43 Å². The molecule has 0 radical (unpaired) electrons. The summed E-state index contributed by atoms with van der Waals surface area (Å²) in [5, 5.41) is 0. The molecule has 80 valence electrons. The van der Waals surface area contributed by atoms with Gasteiger partial charge >= 0.3 is 0 Å². The molecule has 1 aromatic rings. The number of hydrogen-bond acceptors (Lipinski definition) is 2. The van der Waals surface area contributed by atoms with E-state index in [4.69, 9.17) is 5.73 Å². The van der Waals surface area contributed by atoms with Crippen molar-refractivity contribution in [3.8, 4) is 0 Å². The van der Waals surface area contributed by atoms with Crippen molar-refractivity contribution in [2.45, 2.75) is 33.2 Å². The van der Waals surface area contributed by atoms with Gasteiger partial charge in [0.2, 0.25) is 0 Å². The van der Waals surface area contributed by atoms with Crippen molar-refractivity contribution < 1.29 is 6.22 Å². The first-order valence-corrected chi connectivity index (χ1v) is 4.99. The Morgan fingerprint density at radius 3 is 2.64 bits per heavy atom. The molecule has 1 rings (SSSR count). The molecule has 1 aromatic carbocycles. The lowest BCUT2D eigenvalue weighted by molar-refractivity contribution is -0.108. The molecule has 0 aliphatic heterocycles. The van der Waals surface area contributed by atoms with Gasteiger partial charge in [-0.3, -0.25) is 0 Å². The molecule has 0 unspecified atom stereocenters. The fraction of sp³-hybridized carbons (Fsp3) is 0.417. The maximum atomic E-state index is 10.3. The van der Waals surface area contributed by atoms with Crippen LogP contribution in [0.2, 0.25) is 0 Å². The van der Waals surface area contributed by atoms with Gasteiger partial charge in [0.25, 0.3) is 0 Å². The Bertz CT molecular complexity index is 276. The zero-order valence-electron chi connectivity index (χ0n) is 9.16. The summed E-state index contributed by atoms with van der Waals surface area (Å²) in [4.78, 5) is 10.3. The van der Waals surface area contributed by atoms with Crippen LogP contribution in [0.5, 0.6) is 0 Å². The van der Waals surface area contributed by atoms with E-state index in [1.54, 1.807) is 0 Å². The molecule has 0 spiro atoms. The lowest BCUT2D eigenvalue weighted by Gasteiger charge is -2.04. The minimum Gasteiger partial charge on any atom is -0.321 e. The normalized spacial score (nSPS) is 11.1. The van der Waals surface area contributed by atoms with Crippen LogP contribution in [0.15, 0.2) is 24.3 Å². The molecule has 0 saturated heterocycles. The standard InChI is InChI=1S/C10H13NO.C2H6.H2/c1-8-3-2-4-9(5-8)6-10(11)7-12;1-2;/h2-5,7,10H,6,11H2,1H3;1-2H3;1H/t10-;;/m0../s1. The Morgan fingerprint density at radius 2 is 2.14 bits per heavy atom. The van der Waals surface area contributed by atoms with Gasteiger partial charge in [0.15, 0.2) is 0 Å². The minimum absolute atomic E-state index is 0. The highest BCUT2D eigenvalue weighted by Gasteiger charge is 2.00. The van der Waals surface area contributed by atoms with Gasteiger partial charge in [-0.1, -0.05) is 43.7 Å². The van der Waals surface area contributed by atoms with Crippen molar-refractivity contribution in [3.05, 3.63) is 35.4 Å². The molecular formula is C12H21NO. The lowest BCUT2D eigenvalue weighted by atomic mass is 10.1. The highest BCUT2D eigenvalue weighted by Crippen LogP contribution is 2.05. The zero-order valence-corrected chi connectivity index (χ0v) is 9.16. The summed E-state index contributed by atoms with van der Waals surface area (Å²) in [6.45, 7) is 6.02. The van der Waals surface area contributed by atoms with E-state index < -0.39 is 0 Å². The molecule has 2 N–H and O–H groups in total. The summed E-state index contributed by atoms with van der Waals surface area (Å²) >= 11 is 0. The number of aryl methyl sites for hydroxylation is 1. The van der Waals surface area contributed by atoms with E-state index in [-0.39, 0.29) is 7.47 Å². The third-order valence-corrected chi connectivity index (χ3v) is 1.73. The fourth-order valence-corrected chi connectivity index (χ4v) is 1.16. The first kappa shape index (κ1) is 12.8. The zero-order chi connectivity index (χ0) is 11.0. The maximum absolute atomic E-state index is 10.3. The van der Waals surface area contributed by atoms with Crippen molar-refractivity contribution in [1.82, 2.24) is 0 Å². The quantitative estimate of drug-likeness (QED) is 0.752. The van der Waals surface area contributed by atoms with Crippen molar-refractivity contribution >= 4 is 6.29 Å². The number of carbonyl (C=O) groups is 1. The van der Waals surface area contributed by atoms with Crippen LogP contribution in [0.25, 0.3) is 0 Å². The molecule has 0 amide bonds. The van der Waals surface area contributed by atoms with Crippen molar-refractivity contribution in [2.24, 2.45) is 5.73 Å². The first-order valence-electron chi connectivity index (χ1n) is 4.99.